The molecule has 138 valence electrons. The third-order valence-electron chi connectivity index (χ3n) is 3.62. The minimum atomic E-state index is -0.0416. The van der Waals surface area contributed by atoms with E-state index in [1.807, 2.05) is 42.5 Å². The molecule has 2 aromatic heterocycles. The van der Waals surface area contributed by atoms with Crippen molar-refractivity contribution in [1.29, 1.82) is 0 Å². The van der Waals surface area contributed by atoms with Gasteiger partial charge >= 0.3 is 0 Å². The molecule has 0 aliphatic rings. The van der Waals surface area contributed by atoms with Crippen molar-refractivity contribution in [1.82, 2.24) is 20.5 Å². The van der Waals surface area contributed by atoms with E-state index in [4.69, 9.17) is 11.6 Å². The van der Waals surface area contributed by atoms with E-state index in [-0.39, 0.29) is 5.91 Å². The molecule has 1 amide bonds. The van der Waals surface area contributed by atoms with Crippen LogP contribution in [0, 0.1) is 0 Å². The molecule has 0 aliphatic heterocycles. The van der Waals surface area contributed by atoms with Crippen LogP contribution in [0.1, 0.15) is 5.56 Å². The highest BCUT2D eigenvalue weighted by Crippen LogP contribution is 2.12. The second kappa shape index (κ2) is 9.49. The summed E-state index contributed by atoms with van der Waals surface area (Å²) in [6.45, 7) is 1.04. The SMILES string of the molecule is O=C(Cc1ccc(Cl)cc1)NCCNc1ccc(Nc2ccccn2)nn1. The van der Waals surface area contributed by atoms with Crippen LogP contribution in [0.4, 0.5) is 17.5 Å². The summed E-state index contributed by atoms with van der Waals surface area (Å²) in [5.41, 5.74) is 0.923. The molecule has 7 nitrogen and oxygen atoms in total. The van der Waals surface area contributed by atoms with Crippen molar-refractivity contribution in [2.75, 3.05) is 23.7 Å². The second-order valence-electron chi connectivity index (χ2n) is 5.72. The Hall–Kier alpha value is -3.19. The smallest absolute Gasteiger partial charge is 0.224 e. The number of nitrogens with zero attached hydrogens (tertiary/aromatic N) is 3. The fourth-order valence-electron chi connectivity index (χ4n) is 2.30. The summed E-state index contributed by atoms with van der Waals surface area (Å²) in [5.74, 6) is 1.90. The quantitative estimate of drug-likeness (QED) is 0.519. The number of carbonyl (C=O) groups is 1. The zero-order valence-corrected chi connectivity index (χ0v) is 15.3. The van der Waals surface area contributed by atoms with Crippen molar-refractivity contribution in [3.8, 4) is 0 Å². The lowest BCUT2D eigenvalue weighted by Crippen LogP contribution is -2.30. The molecule has 3 N–H and O–H groups in total. The maximum absolute atomic E-state index is 11.9. The molecular weight excluding hydrogens is 364 g/mol. The van der Waals surface area contributed by atoms with Gasteiger partial charge < -0.3 is 16.0 Å². The van der Waals surface area contributed by atoms with Crippen LogP contribution in [-0.4, -0.2) is 34.2 Å². The number of pyridine rings is 1. The third kappa shape index (κ3) is 6.23. The van der Waals surface area contributed by atoms with E-state index in [9.17, 15) is 4.79 Å². The number of rotatable bonds is 8. The molecule has 0 unspecified atom stereocenters. The highest BCUT2D eigenvalue weighted by atomic mass is 35.5. The largest absolute Gasteiger partial charge is 0.367 e. The third-order valence-corrected chi connectivity index (χ3v) is 3.87. The molecule has 1 aromatic carbocycles. The van der Waals surface area contributed by atoms with Crippen molar-refractivity contribution >= 4 is 35.0 Å². The van der Waals surface area contributed by atoms with Gasteiger partial charge in [0.2, 0.25) is 5.91 Å². The van der Waals surface area contributed by atoms with E-state index in [1.165, 1.54) is 0 Å². The van der Waals surface area contributed by atoms with Crippen LogP contribution in [-0.2, 0) is 11.2 Å². The standard InChI is InChI=1S/C19H19ClN6O/c20-15-6-4-14(5-7-15)13-19(27)23-12-11-22-17-8-9-18(26-25-17)24-16-3-1-2-10-21-16/h1-10H,11-13H2,(H,22,25)(H,23,27)(H,21,24,26). The number of hydrogen-bond acceptors (Lipinski definition) is 6. The number of carbonyl (C=O) groups excluding carboxylic acids is 1. The van der Waals surface area contributed by atoms with E-state index < -0.39 is 0 Å². The number of hydrogen-bond donors (Lipinski definition) is 3. The number of benzene rings is 1. The van der Waals surface area contributed by atoms with Gasteiger partial charge in [-0.25, -0.2) is 4.98 Å². The van der Waals surface area contributed by atoms with Gasteiger partial charge in [0.25, 0.3) is 0 Å². The highest BCUT2D eigenvalue weighted by molar-refractivity contribution is 6.30. The van der Waals surface area contributed by atoms with E-state index >= 15 is 0 Å². The number of aromatic nitrogens is 3. The van der Waals surface area contributed by atoms with Crippen LogP contribution in [0.25, 0.3) is 0 Å². The van der Waals surface area contributed by atoms with Crippen molar-refractivity contribution in [3.63, 3.8) is 0 Å². The zero-order chi connectivity index (χ0) is 18.9. The summed E-state index contributed by atoms with van der Waals surface area (Å²) in [5, 5.41) is 17.9. The number of halogens is 1. The van der Waals surface area contributed by atoms with E-state index in [0.717, 1.165) is 5.56 Å². The van der Waals surface area contributed by atoms with Gasteiger partial charge in [-0.1, -0.05) is 29.8 Å². The normalized spacial score (nSPS) is 10.3. The summed E-state index contributed by atoms with van der Waals surface area (Å²) in [7, 11) is 0. The molecule has 0 aliphatic carbocycles. The van der Waals surface area contributed by atoms with E-state index in [0.29, 0.717) is 42.0 Å². The predicted octanol–water partition coefficient (Wildman–Crippen LogP) is 3.04. The van der Waals surface area contributed by atoms with Crippen LogP contribution < -0.4 is 16.0 Å². The molecule has 0 saturated heterocycles. The molecule has 2 heterocycles. The lowest BCUT2D eigenvalue weighted by Gasteiger charge is -2.08. The molecule has 0 spiro atoms. The summed E-state index contributed by atoms with van der Waals surface area (Å²) in [4.78, 5) is 16.1. The first-order valence-electron chi connectivity index (χ1n) is 8.46. The maximum Gasteiger partial charge on any atom is 0.224 e. The van der Waals surface area contributed by atoms with Crippen molar-refractivity contribution in [2.45, 2.75) is 6.42 Å². The number of amides is 1. The Balaban J connectivity index is 1.37. The van der Waals surface area contributed by atoms with Gasteiger partial charge in [0.1, 0.15) is 11.6 Å². The summed E-state index contributed by atoms with van der Waals surface area (Å²) in [6, 6.07) is 16.4. The lowest BCUT2D eigenvalue weighted by atomic mass is 10.1. The van der Waals surface area contributed by atoms with Gasteiger partial charge in [-0.05, 0) is 42.0 Å². The average molecular weight is 383 g/mol. The van der Waals surface area contributed by atoms with Crippen molar-refractivity contribution in [3.05, 3.63) is 71.4 Å². The van der Waals surface area contributed by atoms with Gasteiger partial charge in [-0.3, -0.25) is 4.79 Å². The molecule has 0 atom stereocenters. The Morgan fingerprint density at radius 3 is 2.37 bits per heavy atom. The van der Waals surface area contributed by atoms with Crippen LogP contribution in [0.5, 0.6) is 0 Å². The minimum Gasteiger partial charge on any atom is -0.367 e. The molecule has 0 fully saturated rings. The zero-order valence-electron chi connectivity index (χ0n) is 14.5. The van der Waals surface area contributed by atoms with Crippen LogP contribution in [0.3, 0.4) is 0 Å². The molecule has 3 rings (SSSR count). The first-order valence-corrected chi connectivity index (χ1v) is 8.84. The summed E-state index contributed by atoms with van der Waals surface area (Å²) in [6.07, 6.45) is 2.03. The Kier molecular flexibility index (Phi) is 6.54. The number of anilines is 3. The molecule has 27 heavy (non-hydrogen) atoms. The van der Waals surface area contributed by atoms with Crippen LogP contribution >= 0.6 is 11.6 Å². The van der Waals surface area contributed by atoms with E-state index in [2.05, 4.69) is 31.1 Å². The Morgan fingerprint density at radius 2 is 1.67 bits per heavy atom. The number of nitrogens with one attached hydrogen (secondary N) is 3. The summed E-state index contributed by atoms with van der Waals surface area (Å²) < 4.78 is 0. The Bertz CT molecular complexity index is 856. The van der Waals surface area contributed by atoms with Crippen LogP contribution in [0.15, 0.2) is 60.8 Å². The molecule has 3 aromatic rings. The highest BCUT2D eigenvalue weighted by Gasteiger charge is 2.03. The van der Waals surface area contributed by atoms with Gasteiger partial charge in [0.15, 0.2) is 5.82 Å². The minimum absolute atomic E-state index is 0.0416. The molecule has 8 heteroatoms. The Labute approximate surface area is 162 Å². The van der Waals surface area contributed by atoms with Crippen molar-refractivity contribution < 1.29 is 4.79 Å². The Morgan fingerprint density at radius 1 is 0.889 bits per heavy atom. The van der Waals surface area contributed by atoms with Crippen LogP contribution in [0.2, 0.25) is 5.02 Å². The molecule has 0 bridgehead atoms. The van der Waals surface area contributed by atoms with Gasteiger partial charge in [0, 0.05) is 24.3 Å². The lowest BCUT2D eigenvalue weighted by molar-refractivity contribution is -0.120. The first kappa shape index (κ1) is 18.6. The topological polar surface area (TPSA) is 91.8 Å². The first-order chi connectivity index (χ1) is 13.2. The van der Waals surface area contributed by atoms with E-state index in [1.54, 1.807) is 18.3 Å². The summed E-state index contributed by atoms with van der Waals surface area (Å²) >= 11 is 5.83. The maximum atomic E-state index is 11.9. The molecule has 0 saturated carbocycles. The fourth-order valence-corrected chi connectivity index (χ4v) is 2.43. The predicted molar refractivity (Wildman–Crippen MR) is 106 cm³/mol. The second-order valence-corrected chi connectivity index (χ2v) is 6.16. The van der Waals surface area contributed by atoms with Gasteiger partial charge in [0.05, 0.1) is 6.42 Å². The van der Waals surface area contributed by atoms with Gasteiger partial charge in [-0.2, -0.15) is 0 Å². The fraction of sp³-hybridized carbons (Fsp3) is 0.158. The molecule has 0 radical (unpaired) electrons. The molecular formula is C19H19ClN6O. The van der Waals surface area contributed by atoms with Gasteiger partial charge in [-0.15, -0.1) is 10.2 Å². The van der Waals surface area contributed by atoms with Crippen molar-refractivity contribution in [2.24, 2.45) is 0 Å². The average Bonchev–Trinajstić information content (AvgIpc) is 2.69. The monoisotopic (exact) mass is 382 g/mol.